The molecule has 1 heterocycles. The second-order valence-corrected chi connectivity index (χ2v) is 10.3. The van der Waals surface area contributed by atoms with Crippen molar-refractivity contribution in [3.05, 3.63) is 48.0 Å². The summed E-state index contributed by atoms with van der Waals surface area (Å²) in [6.07, 6.45) is 8.07. The van der Waals surface area contributed by atoms with Gasteiger partial charge in [0.15, 0.2) is 0 Å². The summed E-state index contributed by atoms with van der Waals surface area (Å²) in [5, 5.41) is 2.99. The minimum absolute atomic E-state index is 0.0327. The molecule has 2 aliphatic rings. The van der Waals surface area contributed by atoms with Crippen LogP contribution in [0, 0.1) is 5.92 Å². The fourth-order valence-corrected chi connectivity index (χ4v) is 6.16. The first-order chi connectivity index (χ1) is 15.0. The molecule has 1 fully saturated rings. The van der Waals surface area contributed by atoms with Gasteiger partial charge >= 0.3 is 0 Å². The van der Waals surface area contributed by atoms with Crippen LogP contribution < -0.4 is 14.4 Å². The summed E-state index contributed by atoms with van der Waals surface area (Å²) < 4.78 is 33.1. The molecule has 6 nitrogen and oxygen atoms in total. The largest absolute Gasteiger partial charge is 0.497 e. The second kappa shape index (κ2) is 9.30. The summed E-state index contributed by atoms with van der Waals surface area (Å²) in [4.78, 5) is 12.6. The monoisotopic (exact) mass is 442 g/mol. The van der Waals surface area contributed by atoms with E-state index in [1.54, 1.807) is 37.4 Å². The lowest BCUT2D eigenvalue weighted by Gasteiger charge is -2.31. The molecule has 1 amide bonds. The molecule has 7 heteroatoms. The van der Waals surface area contributed by atoms with Crippen molar-refractivity contribution in [2.24, 2.45) is 5.92 Å². The zero-order valence-corrected chi connectivity index (χ0v) is 18.8. The molecule has 2 aromatic rings. The van der Waals surface area contributed by atoms with Crippen LogP contribution in [0.2, 0.25) is 0 Å². The summed E-state index contributed by atoms with van der Waals surface area (Å²) in [5.74, 6) is 1.34. The maximum absolute atomic E-state index is 13.2. The Kier molecular flexibility index (Phi) is 6.51. The van der Waals surface area contributed by atoms with Crippen LogP contribution >= 0.6 is 0 Å². The Labute approximate surface area is 184 Å². The summed E-state index contributed by atoms with van der Waals surface area (Å²) >= 11 is 0. The standard InChI is InChI=1S/C24H30N2O4S/c1-30-21-10-12-22(13-11-21)31(28,29)26-16-4-7-19-17-20(9-14-23(19)26)25-24(27)15-8-18-5-2-3-6-18/h9-14,17-18H,2-8,15-16H2,1H3,(H,25,27). The predicted octanol–water partition coefficient (Wildman–Crippen LogP) is 4.75. The molecule has 0 radical (unpaired) electrons. The average Bonchev–Trinajstić information content (AvgIpc) is 3.31. The minimum Gasteiger partial charge on any atom is -0.497 e. The molecule has 31 heavy (non-hydrogen) atoms. The lowest BCUT2D eigenvalue weighted by atomic mass is 10.0. The number of ether oxygens (including phenoxy) is 1. The highest BCUT2D eigenvalue weighted by molar-refractivity contribution is 7.92. The van der Waals surface area contributed by atoms with Crippen molar-refractivity contribution >= 4 is 27.3 Å². The van der Waals surface area contributed by atoms with Gasteiger partial charge in [0, 0.05) is 18.7 Å². The van der Waals surface area contributed by atoms with Crippen LogP contribution in [0.25, 0.3) is 0 Å². The third-order valence-electron chi connectivity index (χ3n) is 6.34. The molecule has 1 aliphatic heterocycles. The van der Waals surface area contributed by atoms with Gasteiger partial charge in [-0.05, 0) is 73.2 Å². The highest BCUT2D eigenvalue weighted by Gasteiger charge is 2.29. The number of hydrogen-bond donors (Lipinski definition) is 1. The van der Waals surface area contributed by atoms with Crippen molar-refractivity contribution < 1.29 is 17.9 Å². The number of nitrogens with one attached hydrogen (secondary N) is 1. The highest BCUT2D eigenvalue weighted by atomic mass is 32.2. The zero-order valence-electron chi connectivity index (χ0n) is 18.0. The van der Waals surface area contributed by atoms with Gasteiger partial charge in [-0.25, -0.2) is 8.42 Å². The number of amides is 1. The van der Waals surface area contributed by atoms with Crippen LogP contribution in [-0.4, -0.2) is 28.0 Å². The van der Waals surface area contributed by atoms with Gasteiger partial charge < -0.3 is 10.1 Å². The predicted molar refractivity (Wildman–Crippen MR) is 122 cm³/mol. The maximum Gasteiger partial charge on any atom is 0.264 e. The maximum atomic E-state index is 13.2. The molecule has 0 bridgehead atoms. The third kappa shape index (κ3) is 4.87. The molecule has 1 aliphatic carbocycles. The first-order valence-electron chi connectivity index (χ1n) is 11.1. The molecule has 2 aromatic carbocycles. The Bertz CT molecular complexity index is 1030. The van der Waals surface area contributed by atoms with E-state index in [9.17, 15) is 13.2 Å². The number of rotatable bonds is 7. The van der Waals surface area contributed by atoms with Crippen LogP contribution in [0.3, 0.4) is 0 Å². The van der Waals surface area contributed by atoms with E-state index in [-0.39, 0.29) is 10.8 Å². The van der Waals surface area contributed by atoms with E-state index in [0.717, 1.165) is 30.5 Å². The van der Waals surface area contributed by atoms with Crippen molar-refractivity contribution in [2.75, 3.05) is 23.3 Å². The first-order valence-corrected chi connectivity index (χ1v) is 12.5. The average molecular weight is 443 g/mol. The molecule has 1 saturated carbocycles. The number of fused-ring (bicyclic) bond motifs is 1. The number of carbonyl (C=O) groups excluding carboxylic acids is 1. The van der Waals surface area contributed by atoms with Gasteiger partial charge in [0.25, 0.3) is 10.0 Å². The van der Waals surface area contributed by atoms with Gasteiger partial charge in [-0.2, -0.15) is 0 Å². The van der Waals surface area contributed by atoms with Crippen LogP contribution in [0.1, 0.15) is 50.5 Å². The number of sulfonamides is 1. The van der Waals surface area contributed by atoms with Crippen molar-refractivity contribution in [3.63, 3.8) is 0 Å². The Morgan fingerprint density at radius 1 is 1.10 bits per heavy atom. The number of aryl methyl sites for hydroxylation is 1. The molecule has 4 rings (SSSR count). The van der Waals surface area contributed by atoms with Crippen molar-refractivity contribution in [2.45, 2.75) is 56.3 Å². The minimum atomic E-state index is -3.66. The molecular weight excluding hydrogens is 412 g/mol. The Morgan fingerprint density at radius 2 is 1.84 bits per heavy atom. The molecule has 0 atom stereocenters. The smallest absolute Gasteiger partial charge is 0.264 e. The Hall–Kier alpha value is -2.54. The third-order valence-corrected chi connectivity index (χ3v) is 8.17. The lowest BCUT2D eigenvalue weighted by molar-refractivity contribution is -0.116. The highest BCUT2D eigenvalue weighted by Crippen LogP contribution is 2.34. The van der Waals surface area contributed by atoms with Gasteiger partial charge in [-0.1, -0.05) is 25.7 Å². The number of hydrogen-bond acceptors (Lipinski definition) is 4. The molecule has 0 spiro atoms. The second-order valence-electron chi connectivity index (χ2n) is 8.44. The van der Waals surface area contributed by atoms with Crippen molar-refractivity contribution in [1.29, 1.82) is 0 Å². The van der Waals surface area contributed by atoms with Crippen LogP contribution in [-0.2, 0) is 21.2 Å². The van der Waals surface area contributed by atoms with E-state index in [4.69, 9.17) is 4.74 Å². The summed E-state index contributed by atoms with van der Waals surface area (Å²) in [5.41, 5.74) is 2.36. The van der Waals surface area contributed by atoms with Crippen molar-refractivity contribution in [3.8, 4) is 5.75 Å². The van der Waals surface area contributed by atoms with E-state index >= 15 is 0 Å². The van der Waals surface area contributed by atoms with E-state index in [1.807, 2.05) is 12.1 Å². The number of anilines is 2. The lowest BCUT2D eigenvalue weighted by Crippen LogP contribution is -2.35. The Balaban J connectivity index is 1.48. The molecule has 1 N–H and O–H groups in total. The van der Waals surface area contributed by atoms with E-state index in [1.165, 1.54) is 30.0 Å². The molecule has 166 valence electrons. The van der Waals surface area contributed by atoms with Gasteiger partial charge in [0.05, 0.1) is 17.7 Å². The van der Waals surface area contributed by atoms with Crippen LogP contribution in [0.5, 0.6) is 5.75 Å². The molecule has 0 aromatic heterocycles. The van der Waals surface area contributed by atoms with Crippen LogP contribution in [0.15, 0.2) is 47.4 Å². The molecular formula is C24H30N2O4S. The van der Waals surface area contributed by atoms with E-state index < -0.39 is 10.0 Å². The topological polar surface area (TPSA) is 75.7 Å². The summed E-state index contributed by atoms with van der Waals surface area (Å²) in [7, 11) is -2.11. The van der Waals surface area contributed by atoms with Gasteiger partial charge in [0.1, 0.15) is 5.75 Å². The number of methoxy groups -OCH3 is 1. The molecule has 0 unspecified atom stereocenters. The first kappa shape index (κ1) is 21.7. The zero-order chi connectivity index (χ0) is 21.8. The van der Waals surface area contributed by atoms with E-state index in [2.05, 4.69) is 5.32 Å². The van der Waals surface area contributed by atoms with Gasteiger partial charge in [0.2, 0.25) is 5.91 Å². The SMILES string of the molecule is COc1ccc(S(=O)(=O)N2CCCc3cc(NC(=O)CCC4CCCC4)ccc32)cc1. The quantitative estimate of drug-likeness (QED) is 0.672. The van der Waals surface area contributed by atoms with Gasteiger partial charge in [-0.15, -0.1) is 0 Å². The Morgan fingerprint density at radius 3 is 2.55 bits per heavy atom. The fraction of sp³-hybridized carbons (Fsp3) is 0.458. The number of carbonyl (C=O) groups is 1. The van der Waals surface area contributed by atoms with Gasteiger partial charge in [-0.3, -0.25) is 9.10 Å². The summed E-state index contributed by atoms with van der Waals surface area (Å²) in [6, 6.07) is 12.0. The number of benzene rings is 2. The van der Waals surface area contributed by atoms with Crippen LogP contribution in [0.4, 0.5) is 11.4 Å². The van der Waals surface area contributed by atoms with E-state index in [0.29, 0.717) is 30.3 Å². The fourth-order valence-electron chi connectivity index (χ4n) is 4.62. The van der Waals surface area contributed by atoms with Crippen molar-refractivity contribution in [1.82, 2.24) is 0 Å². The number of nitrogens with zero attached hydrogens (tertiary/aromatic N) is 1. The normalized spacial score (nSPS) is 16.7. The molecule has 0 saturated heterocycles. The summed E-state index contributed by atoms with van der Waals surface area (Å²) in [6.45, 7) is 0.439.